The van der Waals surface area contributed by atoms with Gasteiger partial charge in [-0.2, -0.15) is 5.10 Å². The molecular formula is C17H26N6O. The molecule has 1 saturated heterocycles. The van der Waals surface area contributed by atoms with Gasteiger partial charge in [0.1, 0.15) is 18.0 Å². The first-order chi connectivity index (χ1) is 11.6. The van der Waals surface area contributed by atoms with Crippen LogP contribution >= 0.6 is 0 Å². The van der Waals surface area contributed by atoms with Crippen LogP contribution in [0.25, 0.3) is 0 Å². The summed E-state index contributed by atoms with van der Waals surface area (Å²) < 4.78 is 7.78. The summed E-state index contributed by atoms with van der Waals surface area (Å²) in [5.41, 5.74) is 1.10. The van der Waals surface area contributed by atoms with Gasteiger partial charge >= 0.3 is 0 Å². The van der Waals surface area contributed by atoms with Crippen LogP contribution in [-0.2, 0) is 18.3 Å². The normalized spacial score (nSPS) is 21.0. The van der Waals surface area contributed by atoms with E-state index in [0.29, 0.717) is 18.5 Å². The molecule has 2 unspecified atom stereocenters. The van der Waals surface area contributed by atoms with Crippen molar-refractivity contribution in [1.82, 2.24) is 19.7 Å². The van der Waals surface area contributed by atoms with E-state index >= 15 is 0 Å². The Kier molecular flexibility index (Phi) is 5.30. The van der Waals surface area contributed by atoms with Crippen LogP contribution in [-0.4, -0.2) is 38.5 Å². The summed E-state index contributed by atoms with van der Waals surface area (Å²) >= 11 is 0. The van der Waals surface area contributed by atoms with Gasteiger partial charge in [0.05, 0.1) is 24.4 Å². The lowest BCUT2D eigenvalue weighted by Gasteiger charge is -2.35. The number of anilines is 2. The lowest BCUT2D eigenvalue weighted by molar-refractivity contribution is -0.0203. The molecule has 1 aliphatic rings. The second kappa shape index (κ2) is 7.61. The molecule has 0 aromatic carbocycles. The van der Waals surface area contributed by atoms with Gasteiger partial charge in [0.25, 0.3) is 0 Å². The summed E-state index contributed by atoms with van der Waals surface area (Å²) in [7, 11) is 1.93. The zero-order chi connectivity index (χ0) is 16.9. The van der Waals surface area contributed by atoms with Gasteiger partial charge in [-0.25, -0.2) is 9.97 Å². The second-order valence-corrected chi connectivity index (χ2v) is 6.56. The molecule has 0 bridgehead atoms. The zero-order valence-corrected chi connectivity index (χ0v) is 14.6. The molecule has 2 N–H and O–H groups in total. The molecule has 1 aliphatic heterocycles. The lowest BCUT2D eigenvalue weighted by atomic mass is 9.94. The van der Waals surface area contributed by atoms with Crippen LogP contribution in [0.3, 0.4) is 0 Å². The van der Waals surface area contributed by atoms with Crippen molar-refractivity contribution in [3.8, 4) is 0 Å². The number of ether oxygens (including phenoxy) is 1. The molecule has 0 aliphatic carbocycles. The van der Waals surface area contributed by atoms with Gasteiger partial charge in [-0.05, 0) is 24.8 Å². The maximum Gasteiger partial charge on any atom is 0.131 e. The van der Waals surface area contributed by atoms with E-state index in [1.54, 1.807) is 12.5 Å². The van der Waals surface area contributed by atoms with Gasteiger partial charge in [-0.1, -0.05) is 13.8 Å². The molecule has 7 nitrogen and oxygen atoms in total. The fourth-order valence-electron chi connectivity index (χ4n) is 3.09. The van der Waals surface area contributed by atoms with Crippen molar-refractivity contribution < 1.29 is 4.74 Å². The first-order valence-electron chi connectivity index (χ1n) is 8.54. The average molecular weight is 330 g/mol. The number of rotatable bonds is 6. The van der Waals surface area contributed by atoms with Gasteiger partial charge in [0.2, 0.25) is 0 Å². The Morgan fingerprint density at radius 3 is 2.92 bits per heavy atom. The third-order valence-electron chi connectivity index (χ3n) is 4.40. The smallest absolute Gasteiger partial charge is 0.131 e. The second-order valence-electron chi connectivity index (χ2n) is 6.56. The summed E-state index contributed by atoms with van der Waals surface area (Å²) in [6.07, 6.45) is 5.78. The van der Waals surface area contributed by atoms with E-state index in [1.807, 2.05) is 23.9 Å². The predicted octanol–water partition coefficient (Wildman–Crippen LogP) is 2.44. The molecule has 2 aromatic rings. The quantitative estimate of drug-likeness (QED) is 0.847. The van der Waals surface area contributed by atoms with Gasteiger partial charge in [0, 0.05) is 25.9 Å². The molecule has 2 aromatic heterocycles. The molecule has 7 heteroatoms. The SMILES string of the molecule is CC(C)C1OCCCC1Nc1cc(NCc2ccnn2C)ncn1. The summed E-state index contributed by atoms with van der Waals surface area (Å²) in [4.78, 5) is 8.65. The summed E-state index contributed by atoms with van der Waals surface area (Å²) in [6, 6.07) is 4.22. The van der Waals surface area contributed by atoms with Crippen LogP contribution < -0.4 is 10.6 Å². The molecule has 1 fully saturated rings. The van der Waals surface area contributed by atoms with Crippen molar-refractivity contribution in [2.45, 2.75) is 45.4 Å². The molecule has 0 radical (unpaired) electrons. The number of nitrogens with zero attached hydrogens (tertiary/aromatic N) is 4. The first-order valence-corrected chi connectivity index (χ1v) is 8.54. The topological polar surface area (TPSA) is 76.9 Å². The average Bonchev–Trinajstić information content (AvgIpc) is 2.99. The minimum absolute atomic E-state index is 0.222. The van der Waals surface area contributed by atoms with Crippen LogP contribution in [0.4, 0.5) is 11.6 Å². The van der Waals surface area contributed by atoms with Crippen LogP contribution in [0.2, 0.25) is 0 Å². The van der Waals surface area contributed by atoms with Crippen molar-refractivity contribution in [3.05, 3.63) is 30.4 Å². The summed E-state index contributed by atoms with van der Waals surface area (Å²) in [6.45, 7) is 5.92. The third kappa shape index (κ3) is 4.03. The van der Waals surface area contributed by atoms with E-state index in [9.17, 15) is 0 Å². The minimum atomic E-state index is 0.222. The fraction of sp³-hybridized carbons (Fsp3) is 0.588. The molecule has 24 heavy (non-hydrogen) atoms. The van der Waals surface area contributed by atoms with E-state index in [4.69, 9.17) is 4.74 Å². The molecule has 3 rings (SSSR count). The third-order valence-corrected chi connectivity index (χ3v) is 4.40. The highest BCUT2D eigenvalue weighted by Crippen LogP contribution is 2.24. The first kappa shape index (κ1) is 16.7. The van der Waals surface area contributed by atoms with Crippen LogP contribution in [0.15, 0.2) is 24.7 Å². The number of hydrogen-bond acceptors (Lipinski definition) is 6. The van der Waals surface area contributed by atoms with E-state index in [-0.39, 0.29) is 6.10 Å². The monoisotopic (exact) mass is 330 g/mol. The van der Waals surface area contributed by atoms with E-state index in [2.05, 4.69) is 39.5 Å². The Balaban J connectivity index is 1.63. The van der Waals surface area contributed by atoms with Gasteiger partial charge < -0.3 is 15.4 Å². The Morgan fingerprint density at radius 2 is 2.17 bits per heavy atom. The predicted molar refractivity (Wildman–Crippen MR) is 93.8 cm³/mol. The maximum atomic E-state index is 5.93. The van der Waals surface area contributed by atoms with Crippen LogP contribution in [0.5, 0.6) is 0 Å². The summed E-state index contributed by atoms with van der Waals surface area (Å²) in [5.74, 6) is 2.11. The van der Waals surface area contributed by atoms with E-state index in [1.165, 1.54) is 0 Å². The zero-order valence-electron chi connectivity index (χ0n) is 14.6. The molecule has 0 spiro atoms. The van der Waals surface area contributed by atoms with Gasteiger partial charge in [-0.3, -0.25) is 4.68 Å². The van der Waals surface area contributed by atoms with Crippen LogP contribution in [0.1, 0.15) is 32.4 Å². The largest absolute Gasteiger partial charge is 0.376 e. The Morgan fingerprint density at radius 1 is 1.33 bits per heavy atom. The molecule has 2 atom stereocenters. The molecule has 130 valence electrons. The number of hydrogen-bond donors (Lipinski definition) is 2. The van der Waals surface area contributed by atoms with Crippen molar-refractivity contribution in [2.75, 3.05) is 17.2 Å². The van der Waals surface area contributed by atoms with E-state index in [0.717, 1.165) is 36.8 Å². The van der Waals surface area contributed by atoms with Crippen LogP contribution in [0, 0.1) is 5.92 Å². The number of aryl methyl sites for hydroxylation is 1. The summed E-state index contributed by atoms with van der Waals surface area (Å²) in [5, 5.41) is 11.0. The van der Waals surface area contributed by atoms with Gasteiger partial charge in [0.15, 0.2) is 0 Å². The highest BCUT2D eigenvalue weighted by Gasteiger charge is 2.28. The highest BCUT2D eigenvalue weighted by molar-refractivity contribution is 5.47. The maximum absolute atomic E-state index is 5.93. The molecule has 0 saturated carbocycles. The van der Waals surface area contributed by atoms with Crippen molar-refractivity contribution >= 4 is 11.6 Å². The lowest BCUT2D eigenvalue weighted by Crippen LogP contribution is -2.43. The van der Waals surface area contributed by atoms with Crippen molar-refractivity contribution in [3.63, 3.8) is 0 Å². The highest BCUT2D eigenvalue weighted by atomic mass is 16.5. The Labute approximate surface area is 142 Å². The van der Waals surface area contributed by atoms with Gasteiger partial charge in [-0.15, -0.1) is 0 Å². The minimum Gasteiger partial charge on any atom is -0.376 e. The standard InChI is InChI=1S/C17H26N6O/c1-12(2)17-14(5-4-8-24-17)22-16-9-15(19-11-20-16)18-10-13-6-7-21-23(13)3/h6-7,9,11-12,14,17H,4-5,8,10H2,1-3H3,(H2,18,19,20,22). The Bertz CT molecular complexity index is 656. The number of aromatic nitrogens is 4. The fourth-order valence-corrected chi connectivity index (χ4v) is 3.09. The van der Waals surface area contributed by atoms with Crippen molar-refractivity contribution in [1.29, 1.82) is 0 Å². The molecule has 3 heterocycles. The molecule has 0 amide bonds. The Hall–Kier alpha value is -2.15. The van der Waals surface area contributed by atoms with Crippen molar-refractivity contribution in [2.24, 2.45) is 13.0 Å². The molecular weight excluding hydrogens is 304 g/mol. The van der Waals surface area contributed by atoms with E-state index < -0.39 is 0 Å². The number of nitrogens with one attached hydrogen (secondary N) is 2.